The van der Waals surface area contributed by atoms with Crippen molar-refractivity contribution in [1.82, 2.24) is 0 Å². The molecule has 0 saturated carbocycles. The van der Waals surface area contributed by atoms with E-state index in [4.69, 9.17) is 0 Å². The number of rotatable bonds is 3. The van der Waals surface area contributed by atoms with Crippen LogP contribution >= 0.6 is 0 Å². The molecule has 20 heavy (non-hydrogen) atoms. The standard InChI is InChI=1S/C17H19N3/c1-3-18-14-5-7-16-12(10-14)9-13-11-15(19-4-2)6-8-17(13)20-16/h5-8,10-11,18H,3-4,9H2,1-2H3/p+1. The van der Waals surface area contributed by atoms with Gasteiger partial charge in [0.15, 0.2) is 0 Å². The maximum absolute atomic E-state index is 4.48. The zero-order chi connectivity index (χ0) is 13.9. The summed E-state index contributed by atoms with van der Waals surface area (Å²) in [5.41, 5.74) is 7.32. The summed E-state index contributed by atoms with van der Waals surface area (Å²) in [6.07, 6.45) is 7.36. The number of nitrogens with zero attached hydrogens (tertiary/aromatic N) is 1. The Morgan fingerprint density at radius 2 is 2.15 bits per heavy atom. The lowest BCUT2D eigenvalue weighted by Crippen LogP contribution is -2.69. The molecule has 1 heterocycles. The average Bonchev–Trinajstić information content (AvgIpc) is 2.46. The number of fused-ring (bicyclic) bond motifs is 2. The molecule has 2 aliphatic rings. The Kier molecular flexibility index (Phi) is 3.50. The third kappa shape index (κ3) is 2.44. The predicted octanol–water partition coefficient (Wildman–Crippen LogP) is 1.78. The van der Waals surface area contributed by atoms with Gasteiger partial charge in [-0.15, -0.1) is 0 Å². The molecule has 0 saturated heterocycles. The van der Waals surface area contributed by atoms with Gasteiger partial charge in [-0.2, -0.15) is 0 Å². The minimum Gasteiger partial charge on any atom is -0.385 e. The molecule has 0 aromatic heterocycles. The fourth-order valence-corrected chi connectivity index (χ4v) is 2.66. The summed E-state index contributed by atoms with van der Waals surface area (Å²) >= 11 is 0. The number of hydrogen-bond donors (Lipinski definition) is 2. The van der Waals surface area contributed by atoms with Crippen LogP contribution < -0.4 is 10.3 Å². The normalized spacial score (nSPS) is 18.2. The molecule has 0 unspecified atom stereocenters. The number of aliphatic imine (C=N–C) groups is 1. The smallest absolute Gasteiger partial charge is 0.207 e. The molecule has 0 spiro atoms. The summed E-state index contributed by atoms with van der Waals surface area (Å²) in [6, 6.07) is 6.51. The molecule has 0 radical (unpaired) electrons. The second kappa shape index (κ2) is 5.45. The van der Waals surface area contributed by atoms with Gasteiger partial charge in [0, 0.05) is 48.5 Å². The molecule has 1 aliphatic carbocycles. The number of anilines is 1. The zero-order valence-corrected chi connectivity index (χ0v) is 12.0. The third-order valence-corrected chi connectivity index (χ3v) is 3.57. The van der Waals surface area contributed by atoms with Crippen molar-refractivity contribution in [3.63, 3.8) is 0 Å². The van der Waals surface area contributed by atoms with Gasteiger partial charge in [0.05, 0.1) is 5.71 Å². The number of benzene rings is 1. The topological polar surface area (TPSA) is 38.4 Å². The van der Waals surface area contributed by atoms with Crippen molar-refractivity contribution >= 4 is 22.8 Å². The van der Waals surface area contributed by atoms with E-state index in [1.54, 1.807) is 0 Å². The molecule has 1 aromatic rings. The fourth-order valence-electron chi connectivity index (χ4n) is 2.66. The minimum atomic E-state index is 0.827. The molecule has 0 bridgehead atoms. The van der Waals surface area contributed by atoms with E-state index in [1.165, 1.54) is 28.2 Å². The van der Waals surface area contributed by atoms with Gasteiger partial charge < -0.3 is 5.32 Å². The highest BCUT2D eigenvalue weighted by atomic mass is 14.9. The van der Waals surface area contributed by atoms with Crippen LogP contribution in [0.4, 0.5) is 11.4 Å². The van der Waals surface area contributed by atoms with E-state index in [9.17, 15) is 0 Å². The maximum Gasteiger partial charge on any atom is 0.207 e. The van der Waals surface area contributed by atoms with E-state index >= 15 is 0 Å². The van der Waals surface area contributed by atoms with E-state index < -0.39 is 0 Å². The van der Waals surface area contributed by atoms with Crippen molar-refractivity contribution in [2.24, 2.45) is 4.99 Å². The van der Waals surface area contributed by atoms with Crippen LogP contribution in [0.25, 0.3) is 0 Å². The Labute approximate surface area is 119 Å². The third-order valence-electron chi connectivity index (χ3n) is 3.57. The summed E-state index contributed by atoms with van der Waals surface area (Å²) in [7, 11) is 0. The average molecular weight is 266 g/mol. The second-order valence-electron chi connectivity index (χ2n) is 5.02. The second-order valence-corrected chi connectivity index (χ2v) is 5.02. The van der Waals surface area contributed by atoms with Crippen molar-refractivity contribution in [1.29, 1.82) is 0 Å². The molecule has 1 aliphatic heterocycles. The number of hydrogen-bond acceptors (Lipinski definition) is 2. The van der Waals surface area contributed by atoms with Gasteiger partial charge in [0.2, 0.25) is 11.4 Å². The molecular weight excluding hydrogens is 246 g/mol. The van der Waals surface area contributed by atoms with Gasteiger partial charge in [-0.3, -0.25) is 4.99 Å². The lowest BCUT2D eigenvalue weighted by molar-refractivity contribution is -0.354. The zero-order valence-electron chi connectivity index (χ0n) is 12.0. The van der Waals surface area contributed by atoms with Crippen LogP contribution in [0, 0.1) is 0 Å². The first-order valence-corrected chi connectivity index (χ1v) is 7.24. The lowest BCUT2D eigenvalue weighted by atomic mass is 9.92. The van der Waals surface area contributed by atoms with Crippen molar-refractivity contribution in [3.05, 3.63) is 47.6 Å². The summed E-state index contributed by atoms with van der Waals surface area (Å²) in [5, 5.41) is 3.37. The van der Waals surface area contributed by atoms with E-state index in [-0.39, 0.29) is 0 Å². The highest BCUT2D eigenvalue weighted by Gasteiger charge is 2.24. The summed E-state index contributed by atoms with van der Waals surface area (Å²) in [4.78, 5) is 7.99. The van der Waals surface area contributed by atoms with E-state index in [1.807, 2.05) is 0 Å². The van der Waals surface area contributed by atoms with Crippen LogP contribution in [0.15, 0.2) is 47.0 Å². The fraction of sp³-hybridized carbons (Fsp3) is 0.294. The summed E-state index contributed by atoms with van der Waals surface area (Å²) in [5.74, 6) is 0. The van der Waals surface area contributed by atoms with Crippen LogP contribution in [0.3, 0.4) is 0 Å². The minimum absolute atomic E-state index is 0.827. The molecule has 1 aromatic carbocycles. The molecule has 0 amide bonds. The van der Waals surface area contributed by atoms with Gasteiger partial charge in [-0.1, -0.05) is 0 Å². The Hall–Kier alpha value is -2.16. The van der Waals surface area contributed by atoms with Crippen molar-refractivity contribution in [2.45, 2.75) is 20.3 Å². The van der Waals surface area contributed by atoms with Gasteiger partial charge in [-0.05, 0) is 38.1 Å². The Morgan fingerprint density at radius 3 is 2.95 bits per heavy atom. The Morgan fingerprint density at radius 1 is 1.25 bits per heavy atom. The van der Waals surface area contributed by atoms with Crippen molar-refractivity contribution < 1.29 is 4.99 Å². The first-order chi connectivity index (χ1) is 9.80. The summed E-state index contributed by atoms with van der Waals surface area (Å²) < 4.78 is 0. The van der Waals surface area contributed by atoms with Crippen molar-refractivity contribution in [2.75, 3.05) is 18.4 Å². The molecule has 3 rings (SSSR count). The SMILES string of the molecule is CCN=C1C=CC2=[NH+]c3ccc(NCC)cc3CC2=C1. The van der Waals surface area contributed by atoms with Gasteiger partial charge >= 0.3 is 0 Å². The molecule has 3 heteroatoms. The quantitative estimate of drug-likeness (QED) is 0.804. The largest absolute Gasteiger partial charge is 0.385 e. The van der Waals surface area contributed by atoms with E-state index in [0.717, 1.165) is 25.2 Å². The van der Waals surface area contributed by atoms with Gasteiger partial charge in [0.25, 0.3) is 0 Å². The molecule has 0 atom stereocenters. The lowest BCUT2D eigenvalue weighted by Gasteiger charge is -2.15. The molecule has 3 nitrogen and oxygen atoms in total. The van der Waals surface area contributed by atoms with E-state index in [0.29, 0.717) is 0 Å². The first kappa shape index (κ1) is 12.9. The number of nitrogens with one attached hydrogen (secondary N) is 2. The molecular formula is C17H20N3+. The van der Waals surface area contributed by atoms with Gasteiger partial charge in [0.1, 0.15) is 0 Å². The summed E-state index contributed by atoms with van der Waals surface area (Å²) in [6.45, 7) is 5.96. The van der Waals surface area contributed by atoms with E-state index in [2.05, 4.69) is 65.6 Å². The Bertz CT molecular complexity index is 648. The number of allylic oxidation sites excluding steroid dienone is 4. The first-order valence-electron chi connectivity index (χ1n) is 7.24. The van der Waals surface area contributed by atoms with Crippen molar-refractivity contribution in [3.8, 4) is 0 Å². The molecule has 0 fully saturated rings. The molecule has 102 valence electrons. The Balaban J connectivity index is 1.97. The van der Waals surface area contributed by atoms with Gasteiger partial charge in [-0.25, -0.2) is 4.99 Å². The van der Waals surface area contributed by atoms with Crippen LogP contribution in [-0.4, -0.2) is 24.5 Å². The highest BCUT2D eigenvalue weighted by Crippen LogP contribution is 2.23. The predicted molar refractivity (Wildman–Crippen MR) is 85.1 cm³/mol. The van der Waals surface area contributed by atoms with Crippen LogP contribution in [0.2, 0.25) is 0 Å². The highest BCUT2D eigenvalue weighted by molar-refractivity contribution is 6.20. The maximum atomic E-state index is 4.48. The molecule has 2 N–H and O–H groups in total. The monoisotopic (exact) mass is 266 g/mol. The van der Waals surface area contributed by atoms with Crippen LogP contribution in [0.1, 0.15) is 19.4 Å². The van der Waals surface area contributed by atoms with Crippen LogP contribution in [-0.2, 0) is 6.42 Å². The van der Waals surface area contributed by atoms with Crippen LogP contribution in [0.5, 0.6) is 0 Å².